The van der Waals surface area contributed by atoms with Crippen LogP contribution in [0.5, 0.6) is 5.75 Å². The molecule has 2 bridgehead atoms. The largest absolute Gasteiger partial charge is 0.461 e. The van der Waals surface area contributed by atoms with E-state index >= 15 is 0 Å². The standard InChI is InChI=1S/C29H28ClF4N3O2/c30-22-11-12-25(35-17-22)28(16-18-5-2-1-3-6-18,37-27(38)36-24-14-19-9-10-20(24)13-19)21-7-4-8-23(15-21)39-29(33,34)26(31)32/h1-8,11-12,15,17,19-20,24,26H,9-10,13-14,16H2,(H2,36,37,38)/t19-,20-,24-,28-/m0/s1. The van der Waals surface area contributed by atoms with Crippen LogP contribution in [-0.2, 0) is 12.0 Å². The molecule has 4 atom stereocenters. The Labute approximate surface area is 228 Å². The van der Waals surface area contributed by atoms with E-state index in [0.29, 0.717) is 28.1 Å². The first-order valence-corrected chi connectivity index (χ1v) is 13.2. The van der Waals surface area contributed by atoms with Crippen LogP contribution in [0.25, 0.3) is 0 Å². The highest BCUT2D eigenvalue weighted by atomic mass is 35.5. The summed E-state index contributed by atoms with van der Waals surface area (Å²) in [4.78, 5) is 18.1. The minimum absolute atomic E-state index is 0.0377. The molecule has 3 aromatic rings. The maximum absolute atomic E-state index is 13.8. The third-order valence-electron chi connectivity index (χ3n) is 7.69. The van der Waals surface area contributed by atoms with Gasteiger partial charge >= 0.3 is 18.6 Å². The zero-order valence-corrected chi connectivity index (χ0v) is 21.7. The number of alkyl halides is 4. The molecule has 2 saturated carbocycles. The minimum atomic E-state index is -4.69. The number of aromatic nitrogens is 1. The van der Waals surface area contributed by atoms with Gasteiger partial charge in [-0.15, -0.1) is 0 Å². The third kappa shape index (κ3) is 5.98. The number of amides is 2. The van der Waals surface area contributed by atoms with E-state index in [2.05, 4.69) is 20.4 Å². The number of carbonyl (C=O) groups is 1. The quantitative estimate of drug-likeness (QED) is 0.278. The second-order valence-corrected chi connectivity index (χ2v) is 10.7. The monoisotopic (exact) mass is 561 g/mol. The summed E-state index contributed by atoms with van der Waals surface area (Å²) in [6, 6.07) is 17.5. The van der Waals surface area contributed by atoms with Crippen molar-refractivity contribution in [2.75, 3.05) is 0 Å². The average Bonchev–Trinajstić information content (AvgIpc) is 3.52. The predicted octanol–water partition coefficient (Wildman–Crippen LogP) is 6.95. The van der Waals surface area contributed by atoms with E-state index in [1.165, 1.54) is 24.8 Å². The first-order chi connectivity index (χ1) is 18.6. The first kappa shape index (κ1) is 27.2. The molecular formula is C29H28ClF4N3O2. The van der Waals surface area contributed by atoms with Crippen molar-refractivity contribution in [3.8, 4) is 5.75 Å². The summed E-state index contributed by atoms with van der Waals surface area (Å²) < 4.78 is 57.8. The molecule has 0 aliphatic heterocycles. The zero-order valence-electron chi connectivity index (χ0n) is 20.9. The molecule has 1 heterocycles. The van der Waals surface area contributed by atoms with Gasteiger partial charge in [-0.2, -0.15) is 17.6 Å². The van der Waals surface area contributed by atoms with Crippen molar-refractivity contribution in [2.24, 2.45) is 11.8 Å². The van der Waals surface area contributed by atoms with Gasteiger partial charge in [-0.05, 0) is 66.5 Å². The fourth-order valence-electron chi connectivity index (χ4n) is 5.90. The van der Waals surface area contributed by atoms with Crippen molar-refractivity contribution in [2.45, 2.75) is 56.2 Å². The van der Waals surface area contributed by atoms with Crippen molar-refractivity contribution < 1.29 is 27.1 Å². The van der Waals surface area contributed by atoms with Crippen LogP contribution in [0.1, 0.15) is 42.5 Å². The van der Waals surface area contributed by atoms with Crippen LogP contribution in [0.15, 0.2) is 72.9 Å². The third-order valence-corrected chi connectivity index (χ3v) is 7.92. The summed E-state index contributed by atoms with van der Waals surface area (Å²) >= 11 is 6.11. The number of nitrogens with one attached hydrogen (secondary N) is 2. The molecule has 206 valence electrons. The Morgan fingerprint density at radius 1 is 1.05 bits per heavy atom. The molecule has 1 aromatic heterocycles. The number of pyridine rings is 1. The smallest absolute Gasteiger partial charge is 0.428 e. The second-order valence-electron chi connectivity index (χ2n) is 10.3. The molecule has 0 unspecified atom stereocenters. The molecule has 2 aliphatic rings. The highest BCUT2D eigenvalue weighted by Crippen LogP contribution is 2.44. The lowest BCUT2D eigenvalue weighted by Crippen LogP contribution is -2.55. The number of benzene rings is 2. The predicted molar refractivity (Wildman–Crippen MR) is 139 cm³/mol. The number of rotatable bonds is 9. The molecule has 2 aliphatic carbocycles. The normalized spacial score (nSPS) is 21.9. The number of ether oxygens (including phenoxy) is 1. The van der Waals surface area contributed by atoms with E-state index in [-0.39, 0.29) is 12.5 Å². The number of nitrogens with zero attached hydrogens (tertiary/aromatic N) is 1. The Hall–Kier alpha value is -3.33. The van der Waals surface area contributed by atoms with Crippen LogP contribution in [0.3, 0.4) is 0 Å². The fraction of sp³-hybridized carbons (Fsp3) is 0.379. The van der Waals surface area contributed by atoms with Gasteiger partial charge in [0.1, 0.15) is 11.3 Å². The topological polar surface area (TPSA) is 63.2 Å². The van der Waals surface area contributed by atoms with E-state index < -0.39 is 29.9 Å². The molecule has 2 fully saturated rings. The van der Waals surface area contributed by atoms with E-state index in [4.69, 9.17) is 11.6 Å². The maximum atomic E-state index is 13.8. The Bertz CT molecular complexity index is 1300. The Kier molecular flexibility index (Phi) is 7.71. The summed E-state index contributed by atoms with van der Waals surface area (Å²) in [6.45, 7) is 0. The molecule has 0 saturated heterocycles. The lowest BCUT2D eigenvalue weighted by molar-refractivity contribution is -0.253. The van der Waals surface area contributed by atoms with E-state index in [0.717, 1.165) is 30.9 Å². The maximum Gasteiger partial charge on any atom is 0.461 e. The minimum Gasteiger partial charge on any atom is -0.428 e. The van der Waals surface area contributed by atoms with E-state index in [1.807, 2.05) is 30.3 Å². The molecule has 2 N–H and O–H groups in total. The number of hydrogen-bond donors (Lipinski definition) is 2. The highest BCUT2D eigenvalue weighted by Gasteiger charge is 2.45. The van der Waals surface area contributed by atoms with Crippen LogP contribution >= 0.6 is 11.6 Å². The molecule has 39 heavy (non-hydrogen) atoms. The van der Waals surface area contributed by atoms with Gasteiger partial charge in [0.2, 0.25) is 0 Å². The van der Waals surface area contributed by atoms with Gasteiger partial charge in [-0.3, -0.25) is 4.98 Å². The van der Waals surface area contributed by atoms with Gasteiger partial charge in [-0.1, -0.05) is 60.5 Å². The van der Waals surface area contributed by atoms with Gasteiger partial charge in [0.05, 0.1) is 10.7 Å². The Morgan fingerprint density at radius 3 is 2.49 bits per heavy atom. The van der Waals surface area contributed by atoms with Crippen molar-refractivity contribution in [1.82, 2.24) is 15.6 Å². The number of hydrogen-bond acceptors (Lipinski definition) is 3. The van der Waals surface area contributed by atoms with E-state index in [1.54, 1.807) is 18.2 Å². The van der Waals surface area contributed by atoms with Gasteiger partial charge in [0, 0.05) is 18.7 Å². The van der Waals surface area contributed by atoms with Crippen LogP contribution < -0.4 is 15.4 Å². The zero-order chi connectivity index (χ0) is 27.6. The summed E-state index contributed by atoms with van der Waals surface area (Å²) in [5, 5.41) is 6.57. The van der Waals surface area contributed by atoms with Crippen LogP contribution in [0, 0.1) is 11.8 Å². The molecule has 5 rings (SSSR count). The Morgan fingerprint density at radius 2 is 1.85 bits per heavy atom. The first-order valence-electron chi connectivity index (χ1n) is 12.8. The second kappa shape index (κ2) is 11.0. The lowest BCUT2D eigenvalue weighted by atomic mass is 9.80. The summed E-state index contributed by atoms with van der Waals surface area (Å²) in [7, 11) is 0. The van der Waals surface area contributed by atoms with Crippen LogP contribution in [0.2, 0.25) is 5.02 Å². The average molecular weight is 562 g/mol. The summed E-state index contributed by atoms with van der Waals surface area (Å²) in [5.41, 5.74) is 0.148. The van der Waals surface area contributed by atoms with Crippen molar-refractivity contribution in [3.05, 3.63) is 94.8 Å². The molecule has 0 spiro atoms. The van der Waals surface area contributed by atoms with Crippen molar-refractivity contribution in [3.63, 3.8) is 0 Å². The van der Waals surface area contributed by atoms with Gasteiger partial charge in [0.15, 0.2) is 0 Å². The number of carbonyl (C=O) groups excluding carboxylic acids is 1. The Balaban J connectivity index is 1.57. The molecule has 5 nitrogen and oxygen atoms in total. The molecule has 2 aromatic carbocycles. The molecule has 10 heteroatoms. The van der Waals surface area contributed by atoms with Gasteiger partial charge < -0.3 is 15.4 Å². The molecular weight excluding hydrogens is 534 g/mol. The van der Waals surface area contributed by atoms with Crippen LogP contribution in [0.4, 0.5) is 22.4 Å². The van der Waals surface area contributed by atoms with Gasteiger partial charge in [0.25, 0.3) is 0 Å². The summed E-state index contributed by atoms with van der Waals surface area (Å²) in [6.07, 6.45) is -2.84. The molecule has 2 amide bonds. The van der Waals surface area contributed by atoms with Crippen molar-refractivity contribution in [1.29, 1.82) is 0 Å². The van der Waals surface area contributed by atoms with E-state index in [9.17, 15) is 22.4 Å². The summed E-state index contributed by atoms with van der Waals surface area (Å²) in [5.74, 6) is 0.559. The lowest BCUT2D eigenvalue weighted by Gasteiger charge is -2.36. The number of fused-ring (bicyclic) bond motifs is 2. The highest BCUT2D eigenvalue weighted by molar-refractivity contribution is 6.30. The molecule has 0 radical (unpaired) electrons. The fourth-order valence-corrected chi connectivity index (χ4v) is 6.01. The van der Waals surface area contributed by atoms with Gasteiger partial charge in [-0.25, -0.2) is 4.79 Å². The number of urea groups is 1. The van der Waals surface area contributed by atoms with Crippen LogP contribution in [-0.4, -0.2) is 29.6 Å². The SMILES string of the molecule is O=C(N[C@H]1C[C@H]2CC[C@H]1C2)N[C@@](Cc1ccccc1)(c1cccc(OC(F)(F)C(F)F)c1)c1ccc(Cl)cn1. The number of halogens is 5. The van der Waals surface area contributed by atoms with Crippen molar-refractivity contribution >= 4 is 17.6 Å².